The fourth-order valence-corrected chi connectivity index (χ4v) is 3.14. The van der Waals surface area contributed by atoms with Crippen molar-refractivity contribution < 1.29 is 0 Å². The fraction of sp³-hybridized carbons (Fsp3) is 0.0909. The summed E-state index contributed by atoms with van der Waals surface area (Å²) in [6, 6.07) is 8.12. The second-order valence-corrected chi connectivity index (χ2v) is 4.97. The van der Waals surface area contributed by atoms with Crippen LogP contribution in [0.3, 0.4) is 0 Å². The van der Waals surface area contributed by atoms with E-state index in [0.29, 0.717) is 0 Å². The predicted octanol–water partition coefficient (Wildman–Crippen LogP) is 2.80. The van der Waals surface area contributed by atoms with Crippen molar-refractivity contribution in [2.75, 3.05) is 0 Å². The molecule has 1 aromatic carbocycles. The van der Waals surface area contributed by atoms with Gasteiger partial charge in [0.25, 0.3) is 0 Å². The van der Waals surface area contributed by atoms with Crippen LogP contribution in [0.4, 0.5) is 0 Å². The van der Waals surface area contributed by atoms with Crippen LogP contribution in [0.25, 0.3) is 10.1 Å². The van der Waals surface area contributed by atoms with E-state index in [1.54, 1.807) is 17.5 Å². The van der Waals surface area contributed by atoms with Gasteiger partial charge in [0, 0.05) is 4.70 Å². The molecule has 0 radical (unpaired) electrons. The highest BCUT2D eigenvalue weighted by Gasteiger charge is 2.14. The minimum absolute atomic E-state index is 0.180. The molecule has 3 aromatic rings. The molecular weight excluding hydrogens is 238 g/mol. The highest BCUT2D eigenvalue weighted by Crippen LogP contribution is 2.30. The van der Waals surface area contributed by atoms with Gasteiger partial charge in [0.2, 0.25) is 0 Å². The van der Waals surface area contributed by atoms with E-state index in [4.69, 9.17) is 5.73 Å². The number of nitrogens with zero attached hydrogens (tertiary/aromatic N) is 2. The largest absolute Gasteiger partial charge is 0.319 e. The van der Waals surface area contributed by atoms with E-state index < -0.39 is 0 Å². The van der Waals surface area contributed by atoms with E-state index in [1.165, 1.54) is 21.8 Å². The van der Waals surface area contributed by atoms with Crippen molar-refractivity contribution >= 4 is 33.2 Å². The van der Waals surface area contributed by atoms with Gasteiger partial charge in [-0.05, 0) is 22.4 Å². The molecule has 1 unspecified atom stereocenters. The van der Waals surface area contributed by atoms with Crippen LogP contribution in [0.15, 0.2) is 35.8 Å². The molecule has 0 spiro atoms. The number of aromatic nitrogens is 2. The Balaban J connectivity index is 2.15. The Morgan fingerprint density at radius 1 is 1.25 bits per heavy atom. The Morgan fingerprint density at radius 3 is 3.00 bits per heavy atom. The van der Waals surface area contributed by atoms with Gasteiger partial charge in [-0.15, -0.1) is 11.3 Å². The van der Waals surface area contributed by atoms with Crippen molar-refractivity contribution in [1.29, 1.82) is 0 Å². The first-order valence-electron chi connectivity index (χ1n) is 4.85. The lowest BCUT2D eigenvalue weighted by molar-refractivity contribution is 0.853. The number of hydrogen-bond donors (Lipinski definition) is 1. The van der Waals surface area contributed by atoms with Crippen molar-refractivity contribution in [3.63, 3.8) is 0 Å². The molecule has 2 aromatic heterocycles. The number of benzene rings is 1. The van der Waals surface area contributed by atoms with E-state index in [2.05, 4.69) is 32.3 Å². The minimum atomic E-state index is -0.180. The zero-order chi connectivity index (χ0) is 11.0. The van der Waals surface area contributed by atoms with Crippen LogP contribution in [0.2, 0.25) is 0 Å². The average Bonchev–Trinajstić information content (AvgIpc) is 2.98. The second kappa shape index (κ2) is 3.93. The van der Waals surface area contributed by atoms with Crippen LogP contribution in [0.5, 0.6) is 0 Å². The molecular formula is C11H9N3S2. The maximum atomic E-state index is 6.20. The van der Waals surface area contributed by atoms with Crippen LogP contribution < -0.4 is 5.73 Å². The molecule has 2 N–H and O–H groups in total. The number of fused-ring (bicyclic) bond motifs is 1. The molecule has 5 heteroatoms. The monoisotopic (exact) mass is 247 g/mol. The molecule has 16 heavy (non-hydrogen) atoms. The highest BCUT2D eigenvalue weighted by molar-refractivity contribution is 7.17. The Labute approximate surface area is 101 Å². The molecule has 0 aliphatic carbocycles. The Kier molecular flexibility index (Phi) is 2.43. The maximum Gasteiger partial charge on any atom is 0.0956 e. The van der Waals surface area contributed by atoms with Crippen molar-refractivity contribution in [3.05, 3.63) is 47.1 Å². The minimum Gasteiger partial charge on any atom is -0.319 e. The molecule has 0 aliphatic rings. The maximum absolute atomic E-state index is 6.20. The number of nitrogens with two attached hydrogens (primary N) is 1. The first-order chi connectivity index (χ1) is 7.86. The lowest BCUT2D eigenvalue weighted by Gasteiger charge is -2.09. The summed E-state index contributed by atoms with van der Waals surface area (Å²) in [5.74, 6) is 0. The number of hydrogen-bond acceptors (Lipinski definition) is 5. The summed E-state index contributed by atoms with van der Waals surface area (Å²) in [6.07, 6.45) is 1.74. The molecule has 2 heterocycles. The highest BCUT2D eigenvalue weighted by atomic mass is 32.1. The van der Waals surface area contributed by atoms with Crippen LogP contribution >= 0.6 is 23.1 Å². The van der Waals surface area contributed by atoms with Crippen LogP contribution in [0.1, 0.15) is 17.3 Å². The lowest BCUT2D eigenvalue weighted by Crippen LogP contribution is -2.12. The standard InChI is InChI=1S/C11H9N3S2/c12-10(9-6-13-16-14-9)8-3-1-2-7-4-5-15-11(7)8/h1-6,10H,12H2. The predicted molar refractivity (Wildman–Crippen MR) is 67.8 cm³/mol. The van der Waals surface area contributed by atoms with Crippen LogP contribution in [-0.2, 0) is 0 Å². The number of thiophene rings is 1. The molecule has 0 saturated carbocycles. The summed E-state index contributed by atoms with van der Waals surface area (Å²) in [4.78, 5) is 0. The summed E-state index contributed by atoms with van der Waals surface area (Å²) in [5, 5.41) is 3.32. The van der Waals surface area contributed by atoms with Gasteiger partial charge in [-0.1, -0.05) is 18.2 Å². The van der Waals surface area contributed by atoms with Gasteiger partial charge in [0.05, 0.1) is 29.7 Å². The van der Waals surface area contributed by atoms with E-state index >= 15 is 0 Å². The Morgan fingerprint density at radius 2 is 2.19 bits per heavy atom. The van der Waals surface area contributed by atoms with E-state index in [9.17, 15) is 0 Å². The topological polar surface area (TPSA) is 51.8 Å². The Bertz CT molecular complexity index is 601. The molecule has 0 bridgehead atoms. The smallest absolute Gasteiger partial charge is 0.0956 e. The Hall–Kier alpha value is -1.30. The van der Waals surface area contributed by atoms with Gasteiger partial charge in [0.1, 0.15) is 0 Å². The lowest BCUT2D eigenvalue weighted by atomic mass is 10.0. The van der Waals surface area contributed by atoms with Gasteiger partial charge in [0.15, 0.2) is 0 Å². The number of rotatable bonds is 2. The van der Waals surface area contributed by atoms with Crippen molar-refractivity contribution in [1.82, 2.24) is 8.75 Å². The van der Waals surface area contributed by atoms with E-state index in [1.807, 2.05) is 6.07 Å². The summed E-state index contributed by atoms with van der Waals surface area (Å²) >= 11 is 2.91. The molecule has 3 nitrogen and oxygen atoms in total. The van der Waals surface area contributed by atoms with Crippen molar-refractivity contribution in [2.45, 2.75) is 6.04 Å². The normalized spacial score (nSPS) is 13.1. The molecule has 0 aliphatic heterocycles. The fourth-order valence-electron chi connectivity index (χ4n) is 1.73. The molecule has 1 atom stereocenters. The van der Waals surface area contributed by atoms with Gasteiger partial charge in [-0.2, -0.15) is 8.75 Å². The summed E-state index contributed by atoms with van der Waals surface area (Å²) in [6.45, 7) is 0. The van der Waals surface area contributed by atoms with Crippen molar-refractivity contribution in [3.8, 4) is 0 Å². The van der Waals surface area contributed by atoms with E-state index in [0.717, 1.165) is 11.3 Å². The third kappa shape index (κ3) is 1.53. The third-order valence-corrected chi connectivity index (χ3v) is 4.01. The van der Waals surface area contributed by atoms with Gasteiger partial charge >= 0.3 is 0 Å². The zero-order valence-corrected chi connectivity index (χ0v) is 9.96. The van der Waals surface area contributed by atoms with Gasteiger partial charge in [-0.3, -0.25) is 0 Å². The first-order valence-corrected chi connectivity index (χ1v) is 6.46. The quantitative estimate of drug-likeness (QED) is 0.757. The third-order valence-electron chi connectivity index (χ3n) is 2.54. The van der Waals surface area contributed by atoms with Crippen LogP contribution in [0, 0.1) is 0 Å². The zero-order valence-electron chi connectivity index (χ0n) is 8.33. The molecule has 3 rings (SSSR count). The summed E-state index contributed by atoms with van der Waals surface area (Å²) < 4.78 is 9.42. The first kappa shape index (κ1) is 9.89. The van der Waals surface area contributed by atoms with Gasteiger partial charge < -0.3 is 5.73 Å². The molecule has 0 fully saturated rings. The molecule has 0 amide bonds. The summed E-state index contributed by atoms with van der Waals surface area (Å²) in [7, 11) is 0. The second-order valence-electron chi connectivity index (χ2n) is 3.50. The van der Waals surface area contributed by atoms with Gasteiger partial charge in [-0.25, -0.2) is 0 Å². The molecule has 0 saturated heterocycles. The van der Waals surface area contributed by atoms with E-state index in [-0.39, 0.29) is 6.04 Å². The molecule has 80 valence electrons. The SMILES string of the molecule is NC(c1cnsn1)c1cccc2ccsc12. The van der Waals surface area contributed by atoms with Crippen molar-refractivity contribution in [2.24, 2.45) is 5.73 Å². The van der Waals surface area contributed by atoms with Crippen LogP contribution in [-0.4, -0.2) is 8.75 Å². The average molecular weight is 247 g/mol. The summed E-state index contributed by atoms with van der Waals surface area (Å²) in [5.41, 5.74) is 8.16.